The molecular weight excluding hydrogens is 779 g/mol. The summed E-state index contributed by atoms with van der Waals surface area (Å²) in [5, 5.41) is 10.6. The van der Waals surface area contributed by atoms with E-state index in [4.69, 9.17) is 0 Å². The minimum atomic E-state index is 0. The average molecular weight is 822 g/mol. The molecule has 0 bridgehead atoms. The predicted molar refractivity (Wildman–Crippen MR) is 235 cm³/mol. The van der Waals surface area contributed by atoms with E-state index in [1.807, 2.05) is 30.3 Å². The van der Waals surface area contributed by atoms with Crippen LogP contribution in [0.5, 0.6) is 0 Å². The van der Waals surface area contributed by atoms with E-state index in [1.54, 1.807) is 0 Å². The third-order valence-electron chi connectivity index (χ3n) is 9.23. The van der Waals surface area contributed by atoms with E-state index in [1.165, 1.54) is 111 Å². The van der Waals surface area contributed by atoms with E-state index in [-0.39, 0.29) is 24.8 Å². The third kappa shape index (κ3) is 9.69. The van der Waals surface area contributed by atoms with E-state index in [0.717, 1.165) is 5.56 Å². The van der Waals surface area contributed by atoms with Crippen molar-refractivity contribution in [2.75, 3.05) is 0 Å². The molecule has 0 fully saturated rings. The van der Waals surface area contributed by atoms with Crippen LogP contribution in [-0.2, 0) is 23.3 Å². The molecule has 0 atom stereocenters. The van der Waals surface area contributed by atoms with Gasteiger partial charge < -0.3 is 0 Å². The van der Waals surface area contributed by atoms with Gasteiger partial charge in [-0.25, -0.2) is 0 Å². The number of hydrogen-bond acceptors (Lipinski definition) is 0. The number of fused-ring (bicyclic) bond motifs is 4. The SMILES string of the molecule is Cc1cc(-c2cccc3ccccc23)c2cc(C)[cH-]c2c1.Cc1cc(-c2cccc3ccccc23)c2cc(C)[cH-]c2c1.Cl.Cl.[CH2-]c1ccccc1.[Si]=[Zr]. The van der Waals surface area contributed by atoms with Gasteiger partial charge in [0.05, 0.1) is 0 Å². The summed E-state index contributed by atoms with van der Waals surface area (Å²) in [7, 11) is 0. The molecule has 0 aliphatic carbocycles. The number of hydrogen-bond donors (Lipinski definition) is 0. The summed E-state index contributed by atoms with van der Waals surface area (Å²) in [6, 6.07) is 58.6. The Hall–Kier alpha value is -4.17. The Morgan fingerprint density at radius 2 is 0.792 bits per heavy atom. The Bertz CT molecular complexity index is 2410. The molecule has 0 N–H and O–H groups in total. The second-order valence-corrected chi connectivity index (χ2v) is 13.2. The van der Waals surface area contributed by atoms with E-state index >= 15 is 0 Å². The molecule has 0 amide bonds. The monoisotopic (exact) mass is 819 g/mol. The van der Waals surface area contributed by atoms with Crippen molar-refractivity contribution in [2.24, 2.45) is 0 Å². The Morgan fingerprint density at radius 3 is 1.19 bits per heavy atom. The van der Waals surface area contributed by atoms with Crippen LogP contribution in [0.4, 0.5) is 0 Å². The van der Waals surface area contributed by atoms with Crippen molar-refractivity contribution in [2.45, 2.75) is 27.7 Å². The molecule has 0 saturated carbocycles. The first kappa shape index (κ1) is 41.6. The van der Waals surface area contributed by atoms with E-state index in [2.05, 4.69) is 175 Å². The predicted octanol–water partition coefficient (Wildman–Crippen LogP) is 14.3. The van der Waals surface area contributed by atoms with Crippen LogP contribution in [0.1, 0.15) is 27.8 Å². The normalized spacial score (nSPS) is 10.2. The molecule has 9 aromatic carbocycles. The minimum absolute atomic E-state index is 0. The molecule has 0 unspecified atom stereocenters. The fourth-order valence-electron chi connectivity index (χ4n) is 7.09. The van der Waals surface area contributed by atoms with Gasteiger partial charge in [0.2, 0.25) is 0 Å². The fraction of sp³-hybridized carbons (Fsp3) is 0.0816. The van der Waals surface area contributed by atoms with Gasteiger partial charge in [0.25, 0.3) is 0 Å². The summed E-state index contributed by atoms with van der Waals surface area (Å²) in [6.45, 7) is 15.5. The zero-order valence-corrected chi connectivity index (χ0v) is 35.7. The summed E-state index contributed by atoms with van der Waals surface area (Å²) < 4.78 is 0. The molecule has 0 heterocycles. The molecule has 9 rings (SSSR count). The van der Waals surface area contributed by atoms with Crippen molar-refractivity contribution < 1.29 is 23.3 Å². The first-order chi connectivity index (χ1) is 24.8. The van der Waals surface area contributed by atoms with Crippen molar-refractivity contribution in [1.29, 1.82) is 0 Å². The molecule has 0 saturated heterocycles. The van der Waals surface area contributed by atoms with Crippen molar-refractivity contribution in [3.8, 4) is 22.3 Å². The standard InChI is InChI=1S/2C21H17.C7H7.2ClH.Si.Zr/c2*1-14-10-17-11-15(2)13-21(20(17)12-14)19-9-5-7-16-6-3-4-8-18(16)19;1-7-5-3-2-4-6-7;;;;/h2*3-13H,1-2H3;2-6H,1H2;2*1H;;/q3*-1;;;;. The Morgan fingerprint density at radius 1 is 0.415 bits per heavy atom. The fourth-order valence-corrected chi connectivity index (χ4v) is 7.09. The Kier molecular flexibility index (Phi) is 15.1. The molecule has 0 aliphatic heterocycles. The van der Waals surface area contributed by atoms with Crippen LogP contribution in [0.15, 0.2) is 164 Å². The maximum absolute atomic E-state index is 3.72. The van der Waals surface area contributed by atoms with Crippen LogP contribution in [0.2, 0.25) is 0 Å². The van der Waals surface area contributed by atoms with Crippen molar-refractivity contribution in [1.82, 2.24) is 0 Å². The molecule has 53 heavy (non-hydrogen) atoms. The zero-order valence-electron chi connectivity index (χ0n) is 30.6. The summed E-state index contributed by atoms with van der Waals surface area (Å²) >= 11 is 1.36. The first-order valence-electron chi connectivity index (χ1n) is 17.3. The van der Waals surface area contributed by atoms with Crippen molar-refractivity contribution >= 4 is 74.8 Å². The van der Waals surface area contributed by atoms with Gasteiger partial charge in [0, 0.05) is 0 Å². The molecule has 264 valence electrons. The Balaban J connectivity index is 0.000000187. The quantitative estimate of drug-likeness (QED) is 0.120. The molecule has 0 spiro atoms. The topological polar surface area (TPSA) is 0 Å². The maximum atomic E-state index is 3.72. The summed E-state index contributed by atoms with van der Waals surface area (Å²) in [5.41, 5.74) is 11.7. The van der Waals surface area contributed by atoms with Crippen LogP contribution in [-0.4, -0.2) is 6.88 Å². The van der Waals surface area contributed by atoms with Crippen molar-refractivity contribution in [3.05, 3.63) is 199 Å². The molecule has 4 heteroatoms. The number of halogens is 2. The van der Waals surface area contributed by atoms with Crippen LogP contribution in [0.3, 0.4) is 0 Å². The van der Waals surface area contributed by atoms with Gasteiger partial charge in [-0.2, -0.15) is 36.8 Å². The van der Waals surface area contributed by atoms with Gasteiger partial charge in [-0.1, -0.05) is 139 Å². The van der Waals surface area contributed by atoms with Crippen LogP contribution >= 0.6 is 24.8 Å². The van der Waals surface area contributed by atoms with Gasteiger partial charge in [0.1, 0.15) is 0 Å². The molecule has 9 aromatic rings. The van der Waals surface area contributed by atoms with Crippen LogP contribution < -0.4 is 0 Å². The second-order valence-electron chi connectivity index (χ2n) is 13.2. The van der Waals surface area contributed by atoms with Gasteiger partial charge in [-0.15, -0.1) is 93.9 Å². The zero-order chi connectivity index (χ0) is 35.9. The van der Waals surface area contributed by atoms with Gasteiger partial charge in [-0.3, -0.25) is 0 Å². The summed E-state index contributed by atoms with van der Waals surface area (Å²) in [6.07, 6.45) is 0. The van der Waals surface area contributed by atoms with E-state index < -0.39 is 0 Å². The van der Waals surface area contributed by atoms with E-state index in [9.17, 15) is 0 Å². The average Bonchev–Trinajstić information content (AvgIpc) is 3.72. The van der Waals surface area contributed by atoms with E-state index in [0.29, 0.717) is 0 Å². The molecule has 0 nitrogen and oxygen atoms in total. The molecule has 0 aromatic heterocycles. The molecule has 2 radical (unpaired) electrons. The summed E-state index contributed by atoms with van der Waals surface area (Å²) in [5.74, 6) is 0. The molecular formula is C49H43Cl2SiZr-3. The van der Waals surface area contributed by atoms with Crippen LogP contribution in [0.25, 0.3) is 65.3 Å². The molecule has 0 aliphatic rings. The number of rotatable bonds is 2. The van der Waals surface area contributed by atoms with Crippen molar-refractivity contribution in [3.63, 3.8) is 0 Å². The second kappa shape index (κ2) is 19.2. The van der Waals surface area contributed by atoms with Gasteiger partial charge in [0.15, 0.2) is 0 Å². The van der Waals surface area contributed by atoms with Gasteiger partial charge >= 0.3 is 30.2 Å². The Labute approximate surface area is 344 Å². The first-order valence-corrected chi connectivity index (χ1v) is 21.5. The summed E-state index contributed by atoms with van der Waals surface area (Å²) in [4.78, 5) is 0. The number of aryl methyl sites for hydroxylation is 4. The van der Waals surface area contributed by atoms with Gasteiger partial charge in [-0.05, 0) is 46.5 Å². The van der Waals surface area contributed by atoms with Crippen LogP contribution in [0, 0.1) is 34.6 Å². The third-order valence-corrected chi connectivity index (χ3v) is 9.23. The number of benzene rings is 7.